The van der Waals surface area contributed by atoms with E-state index in [4.69, 9.17) is 11.6 Å². The Bertz CT molecular complexity index is 544. The largest absolute Gasteiger partial charge is 0.349 e. The highest BCUT2D eigenvalue weighted by atomic mass is 35.5. The molecule has 0 bridgehead atoms. The quantitative estimate of drug-likeness (QED) is 0.636. The molecule has 0 saturated heterocycles. The number of hydrogen-bond donors (Lipinski definition) is 0. The van der Waals surface area contributed by atoms with E-state index in [0.29, 0.717) is 0 Å². The lowest BCUT2D eigenvalue weighted by Crippen LogP contribution is -2.14. The Morgan fingerprint density at radius 1 is 1.19 bits per heavy atom. The van der Waals surface area contributed by atoms with E-state index in [1.54, 1.807) is 0 Å². The Labute approximate surface area is 102 Å². The highest BCUT2D eigenvalue weighted by Gasteiger charge is 2.21. The Hall–Kier alpha value is -0.950. The summed E-state index contributed by atoms with van der Waals surface area (Å²) in [5, 5.41) is 1.99. The van der Waals surface area contributed by atoms with Crippen molar-refractivity contribution < 1.29 is 0 Å². The predicted molar refractivity (Wildman–Crippen MR) is 71.4 cm³/mol. The molecular weight excluding hydrogens is 218 g/mol. The molecule has 0 amide bonds. The molecule has 86 valence electrons. The smallest absolute Gasteiger partial charge is 0.0661 e. The number of aryl methyl sites for hydroxylation is 2. The molecule has 0 unspecified atom stereocenters. The third-order valence-corrected chi connectivity index (χ3v) is 3.35. The maximum Gasteiger partial charge on any atom is 0.0661 e. The zero-order valence-electron chi connectivity index (χ0n) is 10.6. The normalized spacial score (nSPS) is 12.4. The predicted octanol–water partition coefficient (Wildman–Crippen LogP) is 4.44. The van der Waals surface area contributed by atoms with Gasteiger partial charge in [0, 0.05) is 18.6 Å². The number of nitrogens with zero attached hydrogens (tertiary/aromatic N) is 1. The van der Waals surface area contributed by atoms with Crippen molar-refractivity contribution in [1.82, 2.24) is 4.57 Å². The molecule has 0 aliphatic carbocycles. The summed E-state index contributed by atoms with van der Waals surface area (Å²) in [5.74, 6) is 0. The molecule has 2 rings (SSSR count). The molecule has 1 nitrogen and oxygen atoms in total. The third kappa shape index (κ3) is 1.63. The second-order valence-electron chi connectivity index (χ2n) is 5.49. The van der Waals surface area contributed by atoms with Crippen LogP contribution in [-0.4, -0.2) is 4.57 Å². The molecule has 1 heterocycles. The second-order valence-corrected chi connectivity index (χ2v) is 5.90. The van der Waals surface area contributed by atoms with Crippen molar-refractivity contribution in [1.29, 1.82) is 0 Å². The molecule has 0 N–H and O–H groups in total. The van der Waals surface area contributed by atoms with Crippen molar-refractivity contribution in [3.63, 3.8) is 0 Å². The summed E-state index contributed by atoms with van der Waals surface area (Å²) < 4.78 is 2.13. The zero-order valence-corrected chi connectivity index (χ0v) is 11.3. The van der Waals surface area contributed by atoms with Crippen LogP contribution in [0.1, 0.15) is 31.9 Å². The molecule has 0 fully saturated rings. The standard InChI is InChI=1S/C14H18ClN/c1-9-6-7-10-11(15)8-16(5)13(10)12(9)14(2,3)4/h6-8H,1-5H3. The number of hydrogen-bond acceptors (Lipinski definition) is 0. The lowest BCUT2D eigenvalue weighted by molar-refractivity contribution is 0.588. The van der Waals surface area contributed by atoms with Gasteiger partial charge in [0.25, 0.3) is 0 Å². The number of aromatic nitrogens is 1. The summed E-state index contributed by atoms with van der Waals surface area (Å²) in [4.78, 5) is 0. The van der Waals surface area contributed by atoms with E-state index in [-0.39, 0.29) is 5.41 Å². The van der Waals surface area contributed by atoms with Crippen LogP contribution in [0.25, 0.3) is 10.9 Å². The van der Waals surface area contributed by atoms with Crippen molar-refractivity contribution in [2.24, 2.45) is 7.05 Å². The summed E-state index contributed by atoms with van der Waals surface area (Å²) in [5.41, 5.74) is 4.12. The maximum absolute atomic E-state index is 6.23. The van der Waals surface area contributed by atoms with Gasteiger partial charge in [0.2, 0.25) is 0 Å². The fraction of sp³-hybridized carbons (Fsp3) is 0.429. The van der Waals surface area contributed by atoms with Gasteiger partial charge >= 0.3 is 0 Å². The van der Waals surface area contributed by atoms with Crippen LogP contribution in [0.15, 0.2) is 18.3 Å². The average molecular weight is 236 g/mol. The second kappa shape index (κ2) is 3.53. The minimum Gasteiger partial charge on any atom is -0.349 e. The van der Waals surface area contributed by atoms with Crippen molar-refractivity contribution in [2.45, 2.75) is 33.1 Å². The van der Waals surface area contributed by atoms with Crippen LogP contribution in [0.4, 0.5) is 0 Å². The van der Waals surface area contributed by atoms with Crippen molar-refractivity contribution in [3.05, 3.63) is 34.5 Å². The first-order chi connectivity index (χ1) is 7.32. The lowest BCUT2D eigenvalue weighted by Gasteiger charge is -2.23. The van der Waals surface area contributed by atoms with Gasteiger partial charge in [0.15, 0.2) is 0 Å². The highest BCUT2D eigenvalue weighted by molar-refractivity contribution is 6.35. The summed E-state index contributed by atoms with van der Waals surface area (Å²) in [6.07, 6.45) is 1.99. The van der Waals surface area contributed by atoms with E-state index in [1.807, 2.05) is 6.20 Å². The molecule has 0 radical (unpaired) electrons. The molecule has 0 atom stereocenters. The van der Waals surface area contributed by atoms with Gasteiger partial charge in [-0.1, -0.05) is 44.5 Å². The molecule has 0 aliphatic rings. The summed E-state index contributed by atoms with van der Waals surface area (Å²) in [7, 11) is 2.06. The summed E-state index contributed by atoms with van der Waals surface area (Å²) in [6.45, 7) is 8.90. The van der Waals surface area contributed by atoms with E-state index in [0.717, 1.165) is 10.4 Å². The van der Waals surface area contributed by atoms with Crippen LogP contribution in [0, 0.1) is 6.92 Å². The minimum absolute atomic E-state index is 0.138. The molecule has 1 aromatic carbocycles. The fourth-order valence-corrected chi connectivity index (χ4v) is 2.80. The zero-order chi connectivity index (χ0) is 12.1. The Kier molecular flexibility index (Phi) is 2.54. The van der Waals surface area contributed by atoms with Gasteiger partial charge in [0.1, 0.15) is 0 Å². The van der Waals surface area contributed by atoms with E-state index in [1.165, 1.54) is 16.6 Å². The number of halogens is 1. The highest BCUT2D eigenvalue weighted by Crippen LogP contribution is 2.36. The van der Waals surface area contributed by atoms with Crippen molar-refractivity contribution in [3.8, 4) is 0 Å². The van der Waals surface area contributed by atoms with E-state index in [2.05, 4.69) is 51.4 Å². The fourth-order valence-electron chi connectivity index (χ4n) is 2.50. The van der Waals surface area contributed by atoms with Gasteiger partial charge in [-0.15, -0.1) is 0 Å². The lowest BCUT2D eigenvalue weighted by atomic mass is 9.83. The van der Waals surface area contributed by atoms with Gasteiger partial charge in [0.05, 0.1) is 10.5 Å². The van der Waals surface area contributed by atoms with Crippen LogP contribution in [-0.2, 0) is 12.5 Å². The monoisotopic (exact) mass is 235 g/mol. The summed E-state index contributed by atoms with van der Waals surface area (Å²) >= 11 is 6.23. The van der Waals surface area contributed by atoms with Crippen LogP contribution >= 0.6 is 11.6 Å². The Morgan fingerprint density at radius 2 is 1.81 bits per heavy atom. The topological polar surface area (TPSA) is 4.93 Å². The molecule has 1 aromatic heterocycles. The van der Waals surface area contributed by atoms with Crippen molar-refractivity contribution >= 4 is 22.5 Å². The maximum atomic E-state index is 6.23. The SMILES string of the molecule is Cc1ccc2c(Cl)cn(C)c2c1C(C)(C)C. The van der Waals surface area contributed by atoms with Crippen LogP contribution < -0.4 is 0 Å². The van der Waals surface area contributed by atoms with E-state index >= 15 is 0 Å². The Morgan fingerprint density at radius 3 is 2.38 bits per heavy atom. The molecule has 16 heavy (non-hydrogen) atoms. The Balaban J connectivity index is 2.95. The van der Waals surface area contributed by atoms with Gasteiger partial charge in [-0.2, -0.15) is 0 Å². The van der Waals surface area contributed by atoms with E-state index in [9.17, 15) is 0 Å². The minimum atomic E-state index is 0.138. The first-order valence-corrected chi connectivity index (χ1v) is 5.95. The first kappa shape index (κ1) is 11.5. The molecule has 0 spiro atoms. The van der Waals surface area contributed by atoms with Crippen LogP contribution in [0.2, 0.25) is 5.02 Å². The molecule has 0 saturated carbocycles. The molecule has 2 aromatic rings. The van der Waals surface area contributed by atoms with E-state index < -0.39 is 0 Å². The first-order valence-electron chi connectivity index (χ1n) is 5.57. The van der Waals surface area contributed by atoms with Gasteiger partial charge in [-0.25, -0.2) is 0 Å². The third-order valence-electron chi connectivity index (χ3n) is 3.05. The molecule has 0 aliphatic heterocycles. The molecule has 2 heteroatoms. The van der Waals surface area contributed by atoms with Gasteiger partial charge in [-0.05, 0) is 23.5 Å². The van der Waals surface area contributed by atoms with Crippen LogP contribution in [0.3, 0.4) is 0 Å². The van der Waals surface area contributed by atoms with Gasteiger partial charge in [-0.3, -0.25) is 0 Å². The molecular formula is C14H18ClN. The van der Waals surface area contributed by atoms with Crippen LogP contribution in [0.5, 0.6) is 0 Å². The average Bonchev–Trinajstić information content (AvgIpc) is 2.40. The number of rotatable bonds is 0. The van der Waals surface area contributed by atoms with Crippen molar-refractivity contribution in [2.75, 3.05) is 0 Å². The number of fused-ring (bicyclic) bond motifs is 1. The number of benzene rings is 1. The van der Waals surface area contributed by atoms with Gasteiger partial charge < -0.3 is 4.57 Å². The summed E-state index contributed by atoms with van der Waals surface area (Å²) in [6, 6.07) is 4.27.